The minimum Gasteiger partial charge on any atom is -0.382 e. The van der Waals surface area contributed by atoms with Crippen LogP contribution in [0.2, 0.25) is 0 Å². The van der Waals surface area contributed by atoms with Gasteiger partial charge in [0.15, 0.2) is 11.5 Å². The third-order valence-corrected chi connectivity index (χ3v) is 1.69. The van der Waals surface area contributed by atoms with Crippen LogP contribution in [-0.4, -0.2) is 19.9 Å². The van der Waals surface area contributed by atoms with Gasteiger partial charge >= 0.3 is 0 Å². The predicted octanol–water partition coefficient (Wildman–Crippen LogP) is 0.664. The standard InChI is InChI=1S/C8H9N5/c1-2-3-5-12-7(9)6-8(13-5)11-4-10-6/h2,4H,1,3H2,(H3,9,10,11,12,13). The minimum absolute atomic E-state index is 0.430. The van der Waals surface area contributed by atoms with Crippen molar-refractivity contribution >= 4 is 17.0 Å². The number of aromatic amines is 1. The monoisotopic (exact) mass is 175 g/mol. The fraction of sp³-hybridized carbons (Fsp3) is 0.125. The van der Waals surface area contributed by atoms with Crippen molar-refractivity contribution < 1.29 is 0 Å². The van der Waals surface area contributed by atoms with Crippen LogP contribution in [0, 0.1) is 0 Å². The quantitative estimate of drug-likeness (QED) is 0.657. The summed E-state index contributed by atoms with van der Waals surface area (Å²) in [5, 5.41) is 0. The second-order valence-electron chi connectivity index (χ2n) is 2.62. The Hall–Kier alpha value is -1.91. The zero-order valence-electron chi connectivity index (χ0n) is 6.99. The lowest BCUT2D eigenvalue weighted by atomic mass is 10.4. The highest BCUT2D eigenvalue weighted by molar-refractivity contribution is 5.80. The molecular formula is C8H9N5. The molecule has 5 heteroatoms. The number of allylic oxidation sites excluding steroid dienone is 1. The molecule has 66 valence electrons. The van der Waals surface area contributed by atoms with E-state index in [1.54, 1.807) is 12.4 Å². The van der Waals surface area contributed by atoms with Crippen LogP contribution in [0.15, 0.2) is 19.0 Å². The van der Waals surface area contributed by atoms with Gasteiger partial charge in [-0.05, 0) is 0 Å². The third kappa shape index (κ3) is 1.24. The van der Waals surface area contributed by atoms with Crippen molar-refractivity contribution in [1.29, 1.82) is 0 Å². The Bertz CT molecular complexity index is 445. The third-order valence-electron chi connectivity index (χ3n) is 1.69. The van der Waals surface area contributed by atoms with E-state index >= 15 is 0 Å². The first kappa shape index (κ1) is 7.72. The minimum atomic E-state index is 0.430. The molecule has 5 nitrogen and oxygen atoms in total. The molecule has 0 fully saturated rings. The van der Waals surface area contributed by atoms with Gasteiger partial charge in [-0.25, -0.2) is 15.0 Å². The van der Waals surface area contributed by atoms with Crippen molar-refractivity contribution in [1.82, 2.24) is 19.9 Å². The van der Waals surface area contributed by atoms with E-state index in [4.69, 9.17) is 5.73 Å². The number of aromatic nitrogens is 4. The molecule has 0 atom stereocenters. The SMILES string of the molecule is C=CCc1nc(N)c2[nH]cnc2n1. The lowest BCUT2D eigenvalue weighted by molar-refractivity contribution is 1.02. The van der Waals surface area contributed by atoms with E-state index in [1.807, 2.05) is 0 Å². The van der Waals surface area contributed by atoms with Crippen LogP contribution in [0.5, 0.6) is 0 Å². The maximum absolute atomic E-state index is 5.68. The number of nitrogen functional groups attached to an aromatic ring is 1. The fourth-order valence-corrected chi connectivity index (χ4v) is 1.12. The lowest BCUT2D eigenvalue weighted by Gasteiger charge is -1.97. The summed E-state index contributed by atoms with van der Waals surface area (Å²) in [6.45, 7) is 3.60. The summed E-state index contributed by atoms with van der Waals surface area (Å²) in [6.07, 6.45) is 3.88. The predicted molar refractivity (Wildman–Crippen MR) is 50.0 cm³/mol. The Balaban J connectivity index is 2.62. The summed E-state index contributed by atoms with van der Waals surface area (Å²) < 4.78 is 0. The van der Waals surface area contributed by atoms with Gasteiger partial charge in [0.2, 0.25) is 0 Å². The number of hydrogen-bond acceptors (Lipinski definition) is 4. The highest BCUT2D eigenvalue weighted by Gasteiger charge is 2.05. The summed E-state index contributed by atoms with van der Waals surface area (Å²) in [4.78, 5) is 15.1. The number of nitrogens with zero attached hydrogens (tertiary/aromatic N) is 3. The highest BCUT2D eigenvalue weighted by atomic mass is 15.0. The van der Waals surface area contributed by atoms with Gasteiger partial charge in [0.1, 0.15) is 11.3 Å². The van der Waals surface area contributed by atoms with E-state index in [-0.39, 0.29) is 0 Å². The van der Waals surface area contributed by atoms with Crippen molar-refractivity contribution in [3.8, 4) is 0 Å². The molecule has 2 heterocycles. The average molecular weight is 175 g/mol. The van der Waals surface area contributed by atoms with E-state index in [0.29, 0.717) is 29.2 Å². The number of nitrogens with one attached hydrogen (secondary N) is 1. The molecule has 0 aromatic carbocycles. The van der Waals surface area contributed by atoms with Crippen molar-refractivity contribution in [3.63, 3.8) is 0 Å². The molecule has 0 saturated carbocycles. The van der Waals surface area contributed by atoms with E-state index in [0.717, 1.165) is 0 Å². The van der Waals surface area contributed by atoms with E-state index < -0.39 is 0 Å². The van der Waals surface area contributed by atoms with Gasteiger partial charge in [0.25, 0.3) is 0 Å². The van der Waals surface area contributed by atoms with Gasteiger partial charge in [0.05, 0.1) is 6.33 Å². The Morgan fingerprint density at radius 2 is 2.38 bits per heavy atom. The number of nitrogens with two attached hydrogens (primary N) is 1. The molecule has 3 N–H and O–H groups in total. The molecule has 0 unspecified atom stereocenters. The summed E-state index contributed by atoms with van der Waals surface area (Å²) in [5.41, 5.74) is 6.96. The number of fused-ring (bicyclic) bond motifs is 1. The molecule has 0 bridgehead atoms. The van der Waals surface area contributed by atoms with Crippen molar-refractivity contribution in [2.75, 3.05) is 5.73 Å². The van der Waals surface area contributed by atoms with E-state index in [9.17, 15) is 0 Å². The molecule has 13 heavy (non-hydrogen) atoms. The lowest BCUT2D eigenvalue weighted by Crippen LogP contribution is -1.99. The summed E-state index contributed by atoms with van der Waals surface area (Å²) in [6, 6.07) is 0. The number of hydrogen-bond donors (Lipinski definition) is 2. The van der Waals surface area contributed by atoms with E-state index in [2.05, 4.69) is 26.5 Å². The Morgan fingerprint density at radius 3 is 3.15 bits per heavy atom. The first-order valence-electron chi connectivity index (χ1n) is 3.87. The zero-order valence-corrected chi connectivity index (χ0v) is 6.99. The second kappa shape index (κ2) is 2.85. The molecule has 2 rings (SSSR count). The van der Waals surface area contributed by atoms with Gasteiger partial charge in [0, 0.05) is 6.42 Å². The topological polar surface area (TPSA) is 80.5 Å². The molecule has 2 aromatic heterocycles. The molecular weight excluding hydrogens is 166 g/mol. The Labute approximate surface area is 74.7 Å². The molecule has 0 amide bonds. The molecule has 0 aliphatic carbocycles. The maximum atomic E-state index is 5.68. The largest absolute Gasteiger partial charge is 0.382 e. The van der Waals surface area contributed by atoms with Gasteiger partial charge in [-0.15, -0.1) is 6.58 Å². The smallest absolute Gasteiger partial charge is 0.183 e. The molecule has 0 radical (unpaired) electrons. The Kier molecular flexibility index (Phi) is 1.70. The van der Waals surface area contributed by atoms with Gasteiger partial charge < -0.3 is 10.7 Å². The highest BCUT2D eigenvalue weighted by Crippen LogP contribution is 2.12. The number of H-pyrrole nitrogens is 1. The first-order chi connectivity index (χ1) is 6.31. The average Bonchev–Trinajstić information content (AvgIpc) is 2.53. The van der Waals surface area contributed by atoms with Crippen LogP contribution in [-0.2, 0) is 6.42 Å². The fourth-order valence-electron chi connectivity index (χ4n) is 1.12. The molecule has 0 aliphatic heterocycles. The second-order valence-corrected chi connectivity index (χ2v) is 2.62. The van der Waals surface area contributed by atoms with Crippen LogP contribution in [0.25, 0.3) is 11.2 Å². The Morgan fingerprint density at radius 1 is 1.54 bits per heavy atom. The summed E-state index contributed by atoms with van der Waals surface area (Å²) in [5.74, 6) is 1.08. The van der Waals surface area contributed by atoms with Gasteiger partial charge in [-0.3, -0.25) is 0 Å². The number of rotatable bonds is 2. The molecule has 2 aromatic rings. The van der Waals surface area contributed by atoms with Crippen LogP contribution in [0.4, 0.5) is 5.82 Å². The summed E-state index contributed by atoms with van der Waals surface area (Å²) in [7, 11) is 0. The first-order valence-corrected chi connectivity index (χ1v) is 3.87. The molecule has 0 aliphatic rings. The summed E-state index contributed by atoms with van der Waals surface area (Å²) >= 11 is 0. The normalized spacial score (nSPS) is 10.5. The molecule has 0 spiro atoms. The number of imidazole rings is 1. The van der Waals surface area contributed by atoms with Crippen LogP contribution in [0.1, 0.15) is 5.82 Å². The van der Waals surface area contributed by atoms with Crippen molar-refractivity contribution in [2.24, 2.45) is 0 Å². The van der Waals surface area contributed by atoms with Crippen LogP contribution < -0.4 is 5.73 Å². The molecule has 0 saturated heterocycles. The maximum Gasteiger partial charge on any atom is 0.183 e. The van der Waals surface area contributed by atoms with Crippen LogP contribution in [0.3, 0.4) is 0 Å². The number of anilines is 1. The zero-order chi connectivity index (χ0) is 9.26. The van der Waals surface area contributed by atoms with Crippen molar-refractivity contribution in [3.05, 3.63) is 24.8 Å². The van der Waals surface area contributed by atoms with Gasteiger partial charge in [-0.1, -0.05) is 6.08 Å². The van der Waals surface area contributed by atoms with Gasteiger partial charge in [-0.2, -0.15) is 0 Å². The van der Waals surface area contributed by atoms with Crippen LogP contribution >= 0.6 is 0 Å². The van der Waals surface area contributed by atoms with E-state index in [1.165, 1.54) is 0 Å². The van der Waals surface area contributed by atoms with Crippen molar-refractivity contribution in [2.45, 2.75) is 6.42 Å².